The molecule has 0 aliphatic carbocycles. The molecule has 1 atom stereocenters. The van der Waals surface area contributed by atoms with Crippen LogP contribution in [0.3, 0.4) is 0 Å². The quantitative estimate of drug-likeness (QED) is 0.329. The number of hydrogen-bond acceptors (Lipinski definition) is 7. The van der Waals surface area contributed by atoms with Gasteiger partial charge in [-0.3, -0.25) is 4.79 Å². The maximum Gasteiger partial charge on any atom is 0.414 e. The van der Waals surface area contributed by atoms with E-state index in [9.17, 15) is 13.2 Å². The summed E-state index contributed by atoms with van der Waals surface area (Å²) >= 11 is 5.81. The van der Waals surface area contributed by atoms with Gasteiger partial charge in [0.1, 0.15) is 5.75 Å². The standard InChI is InChI=1S/C21H26ClN3O4S.C2H2O4/c1-16(24-30(27,28)20-10-6-18(22)7-11-20)14-17-4-8-19(9-5-17)29-15-21(26)23-12-13-25(2)3;3-1(4)2(5)6/h4-13,16,24H,14-15H2,1-3H3,(H,23,26);(H,3,4)(H,5,6). The number of carbonyl (C=O) groups is 3. The number of sulfonamides is 1. The van der Waals surface area contributed by atoms with Crippen molar-refractivity contribution in [1.82, 2.24) is 14.9 Å². The molecule has 1 amide bonds. The van der Waals surface area contributed by atoms with E-state index in [1.54, 1.807) is 36.4 Å². The molecule has 0 saturated heterocycles. The number of ether oxygens (including phenoxy) is 1. The number of benzene rings is 2. The monoisotopic (exact) mass is 541 g/mol. The van der Waals surface area contributed by atoms with Crippen molar-refractivity contribution in [3.8, 4) is 5.75 Å². The molecule has 0 spiro atoms. The van der Waals surface area contributed by atoms with Crippen LogP contribution in [0.4, 0.5) is 0 Å². The second kappa shape index (κ2) is 14.7. The number of carboxylic acids is 2. The molecule has 0 heterocycles. The van der Waals surface area contributed by atoms with Crippen molar-refractivity contribution in [2.45, 2.75) is 24.3 Å². The molecule has 1 unspecified atom stereocenters. The van der Waals surface area contributed by atoms with Crippen LogP contribution in [0.25, 0.3) is 0 Å². The van der Waals surface area contributed by atoms with E-state index in [2.05, 4.69) is 10.0 Å². The highest BCUT2D eigenvalue weighted by molar-refractivity contribution is 7.89. The average molecular weight is 542 g/mol. The first-order chi connectivity index (χ1) is 16.8. The molecule has 13 heteroatoms. The maximum absolute atomic E-state index is 12.4. The Morgan fingerprint density at radius 3 is 2.08 bits per heavy atom. The second-order valence-corrected chi connectivity index (χ2v) is 9.72. The first-order valence-corrected chi connectivity index (χ1v) is 12.2. The van der Waals surface area contributed by atoms with Gasteiger partial charge in [0, 0.05) is 37.6 Å². The third-order valence-corrected chi connectivity index (χ3v) is 5.97. The van der Waals surface area contributed by atoms with Gasteiger partial charge in [-0.25, -0.2) is 22.7 Å². The number of carboxylic acid groups (broad SMARTS) is 2. The molecule has 4 N–H and O–H groups in total. The van der Waals surface area contributed by atoms with Crippen molar-refractivity contribution in [2.24, 2.45) is 0 Å². The van der Waals surface area contributed by atoms with E-state index in [1.165, 1.54) is 24.3 Å². The second-order valence-electron chi connectivity index (χ2n) is 7.57. The van der Waals surface area contributed by atoms with E-state index in [1.807, 2.05) is 26.2 Å². The Bertz CT molecular complexity index is 1140. The van der Waals surface area contributed by atoms with Crippen molar-refractivity contribution in [3.63, 3.8) is 0 Å². The van der Waals surface area contributed by atoms with E-state index in [4.69, 9.17) is 36.1 Å². The first kappa shape index (κ1) is 30.4. The summed E-state index contributed by atoms with van der Waals surface area (Å²) in [5.41, 5.74) is 0.937. The molecule has 0 aliphatic heterocycles. The summed E-state index contributed by atoms with van der Waals surface area (Å²) in [4.78, 5) is 31.9. The van der Waals surface area contributed by atoms with Crippen LogP contribution >= 0.6 is 11.6 Å². The number of halogens is 1. The minimum absolute atomic E-state index is 0.103. The Kier molecular flexibility index (Phi) is 12.4. The predicted molar refractivity (Wildman–Crippen MR) is 133 cm³/mol. The molecule has 2 aromatic carbocycles. The Labute approximate surface area is 214 Å². The molecular weight excluding hydrogens is 514 g/mol. The summed E-state index contributed by atoms with van der Waals surface area (Å²) in [6, 6.07) is 12.9. The Morgan fingerprint density at radius 2 is 1.58 bits per heavy atom. The highest BCUT2D eigenvalue weighted by Crippen LogP contribution is 2.16. The summed E-state index contributed by atoms with van der Waals surface area (Å²) in [5.74, 6) is -3.35. The summed E-state index contributed by atoms with van der Waals surface area (Å²) in [5, 5.41) is 17.9. The predicted octanol–water partition coefficient (Wildman–Crippen LogP) is 1.93. The smallest absolute Gasteiger partial charge is 0.414 e. The van der Waals surface area contributed by atoms with Gasteiger partial charge in [0.05, 0.1) is 4.90 Å². The fourth-order valence-electron chi connectivity index (χ4n) is 2.53. The van der Waals surface area contributed by atoms with E-state index in [0.717, 1.165) is 5.56 Å². The zero-order chi connectivity index (χ0) is 27.3. The zero-order valence-electron chi connectivity index (χ0n) is 19.8. The summed E-state index contributed by atoms with van der Waals surface area (Å²) in [6.45, 7) is 1.69. The lowest BCUT2D eigenvalue weighted by Crippen LogP contribution is -2.34. The number of nitrogens with one attached hydrogen (secondary N) is 2. The van der Waals surface area contributed by atoms with Crippen LogP contribution in [0.2, 0.25) is 5.02 Å². The molecule has 196 valence electrons. The Hall–Kier alpha value is -3.61. The van der Waals surface area contributed by atoms with Gasteiger partial charge in [0.2, 0.25) is 10.0 Å². The topological polar surface area (TPSA) is 162 Å². The van der Waals surface area contributed by atoms with Crippen molar-refractivity contribution in [1.29, 1.82) is 0 Å². The third kappa shape index (κ3) is 12.2. The number of amides is 1. The van der Waals surface area contributed by atoms with Gasteiger partial charge in [-0.1, -0.05) is 23.7 Å². The number of rotatable bonds is 10. The molecule has 0 aliphatic rings. The summed E-state index contributed by atoms with van der Waals surface area (Å²) in [6.07, 6.45) is 3.76. The first-order valence-electron chi connectivity index (χ1n) is 10.4. The molecule has 0 bridgehead atoms. The van der Waals surface area contributed by atoms with Crippen molar-refractivity contribution in [2.75, 3.05) is 20.7 Å². The van der Waals surface area contributed by atoms with Crippen LogP contribution in [0, 0.1) is 0 Å². The lowest BCUT2D eigenvalue weighted by Gasteiger charge is -2.15. The van der Waals surface area contributed by atoms with Crippen molar-refractivity contribution >= 4 is 39.5 Å². The van der Waals surface area contributed by atoms with Gasteiger partial charge in [-0.15, -0.1) is 0 Å². The van der Waals surface area contributed by atoms with Crippen LogP contribution in [-0.4, -0.2) is 68.1 Å². The maximum atomic E-state index is 12.4. The summed E-state index contributed by atoms with van der Waals surface area (Å²) < 4.78 is 33.0. The summed E-state index contributed by atoms with van der Waals surface area (Å²) in [7, 11) is 0.0806. The molecule has 36 heavy (non-hydrogen) atoms. The lowest BCUT2D eigenvalue weighted by molar-refractivity contribution is -0.159. The number of carbonyl (C=O) groups excluding carboxylic acids is 1. The molecule has 0 radical (unpaired) electrons. The SMILES string of the molecule is CC(Cc1ccc(OCC(=O)NC=CN(C)C)cc1)NS(=O)(=O)c1ccc(Cl)cc1.O=C(O)C(=O)O. The van der Waals surface area contributed by atoms with Gasteiger partial charge in [-0.2, -0.15) is 0 Å². The Morgan fingerprint density at radius 1 is 1.03 bits per heavy atom. The highest BCUT2D eigenvalue weighted by atomic mass is 35.5. The van der Waals surface area contributed by atoms with Crippen molar-refractivity contribution in [3.05, 3.63) is 71.5 Å². The van der Waals surface area contributed by atoms with Crippen LogP contribution in [0.15, 0.2) is 65.8 Å². The highest BCUT2D eigenvalue weighted by Gasteiger charge is 2.17. The van der Waals surface area contributed by atoms with Gasteiger partial charge in [0.15, 0.2) is 6.61 Å². The molecule has 0 saturated carbocycles. The number of nitrogens with zero attached hydrogens (tertiary/aromatic N) is 1. The fourth-order valence-corrected chi connectivity index (χ4v) is 3.90. The van der Waals surface area contributed by atoms with Gasteiger partial charge >= 0.3 is 11.9 Å². The van der Waals surface area contributed by atoms with Crippen LogP contribution in [0.1, 0.15) is 12.5 Å². The van der Waals surface area contributed by atoms with Crippen LogP contribution in [-0.2, 0) is 30.8 Å². The molecule has 2 rings (SSSR count). The molecule has 2 aromatic rings. The normalized spacial score (nSPS) is 11.7. The van der Waals surface area contributed by atoms with Crippen LogP contribution in [0.5, 0.6) is 5.75 Å². The molecule has 0 fully saturated rings. The Balaban J connectivity index is 0.000000960. The molecule has 11 nitrogen and oxygen atoms in total. The van der Waals surface area contributed by atoms with Crippen LogP contribution < -0.4 is 14.8 Å². The van der Waals surface area contributed by atoms with Gasteiger partial charge < -0.3 is 25.2 Å². The van der Waals surface area contributed by atoms with Crippen molar-refractivity contribution < 1.29 is 37.8 Å². The van der Waals surface area contributed by atoms with E-state index in [-0.39, 0.29) is 23.5 Å². The number of hydrogen-bond donors (Lipinski definition) is 4. The fraction of sp³-hybridized carbons (Fsp3) is 0.261. The van der Waals surface area contributed by atoms with E-state index in [0.29, 0.717) is 17.2 Å². The number of aliphatic carboxylic acids is 2. The van der Waals surface area contributed by atoms with Gasteiger partial charge in [-0.05, 0) is 55.3 Å². The van der Waals surface area contributed by atoms with E-state index < -0.39 is 22.0 Å². The van der Waals surface area contributed by atoms with Gasteiger partial charge in [0.25, 0.3) is 5.91 Å². The average Bonchev–Trinajstić information content (AvgIpc) is 2.78. The van der Waals surface area contributed by atoms with E-state index >= 15 is 0 Å². The molecule has 0 aromatic heterocycles. The minimum atomic E-state index is -3.62. The minimum Gasteiger partial charge on any atom is -0.484 e. The largest absolute Gasteiger partial charge is 0.484 e. The third-order valence-electron chi connectivity index (χ3n) is 4.12. The molecular formula is C23H28ClN3O8S. The lowest BCUT2D eigenvalue weighted by atomic mass is 10.1. The zero-order valence-corrected chi connectivity index (χ0v) is 21.4.